The van der Waals surface area contributed by atoms with E-state index in [1.165, 1.54) is 11.3 Å². The first-order valence-electron chi connectivity index (χ1n) is 11.0. The van der Waals surface area contributed by atoms with Crippen molar-refractivity contribution < 1.29 is 18.4 Å². The number of aromatic amines is 1. The molecule has 0 spiro atoms. The van der Waals surface area contributed by atoms with E-state index in [4.69, 9.17) is 0 Å². The Morgan fingerprint density at radius 1 is 1.15 bits per heavy atom. The van der Waals surface area contributed by atoms with Crippen LogP contribution in [0.3, 0.4) is 0 Å². The van der Waals surface area contributed by atoms with Gasteiger partial charge in [-0.25, -0.2) is 8.78 Å². The number of amides is 2. The summed E-state index contributed by atoms with van der Waals surface area (Å²) in [5.41, 5.74) is 2.02. The third-order valence-electron chi connectivity index (χ3n) is 6.73. The summed E-state index contributed by atoms with van der Waals surface area (Å²) in [7, 11) is 1.70. The van der Waals surface area contributed by atoms with Crippen LogP contribution in [0.1, 0.15) is 17.7 Å². The van der Waals surface area contributed by atoms with Crippen LogP contribution in [0, 0.1) is 5.92 Å². The lowest BCUT2D eigenvalue weighted by Gasteiger charge is -2.36. The Kier molecular flexibility index (Phi) is 4.72. The third-order valence-corrected chi connectivity index (χ3v) is 7.57. The molecular formula is C24H21F2N5O2S. The van der Waals surface area contributed by atoms with Crippen LogP contribution in [0.25, 0.3) is 32.3 Å². The summed E-state index contributed by atoms with van der Waals surface area (Å²) in [6.45, 7) is 0.321. The number of benzene rings is 1. The lowest BCUT2D eigenvalue weighted by Crippen LogP contribution is -2.48. The van der Waals surface area contributed by atoms with Gasteiger partial charge in [0.2, 0.25) is 0 Å². The first-order valence-corrected chi connectivity index (χ1v) is 11.9. The van der Waals surface area contributed by atoms with E-state index in [2.05, 4.69) is 15.4 Å². The Labute approximate surface area is 197 Å². The molecule has 1 unspecified atom stereocenters. The van der Waals surface area contributed by atoms with Crippen LogP contribution in [0.15, 0.2) is 41.9 Å². The minimum atomic E-state index is -2.85. The fourth-order valence-electron chi connectivity index (χ4n) is 5.03. The molecule has 2 aliphatic rings. The molecule has 2 amide bonds. The predicted octanol–water partition coefficient (Wildman–Crippen LogP) is 3.73. The van der Waals surface area contributed by atoms with Crippen LogP contribution < -0.4 is 5.32 Å². The number of carbonyl (C=O) groups is 2. The highest BCUT2D eigenvalue weighted by atomic mass is 32.1. The van der Waals surface area contributed by atoms with Crippen molar-refractivity contribution in [3.8, 4) is 0 Å². The number of carbonyl (C=O) groups excluding carboxylic acids is 2. The predicted molar refractivity (Wildman–Crippen MR) is 126 cm³/mol. The Morgan fingerprint density at radius 3 is 2.76 bits per heavy atom. The van der Waals surface area contributed by atoms with E-state index >= 15 is 0 Å². The number of nitrogens with zero attached hydrogens (tertiary/aromatic N) is 3. The van der Waals surface area contributed by atoms with Crippen LogP contribution in [-0.2, 0) is 16.1 Å². The average Bonchev–Trinajstić information content (AvgIpc) is 3.53. The highest BCUT2D eigenvalue weighted by Gasteiger charge is 2.44. The second-order valence-electron chi connectivity index (χ2n) is 8.93. The molecule has 0 radical (unpaired) electrons. The first-order chi connectivity index (χ1) is 16.3. The minimum Gasteiger partial charge on any atom is -0.352 e. The Morgan fingerprint density at radius 2 is 1.94 bits per heavy atom. The van der Waals surface area contributed by atoms with Gasteiger partial charge in [-0.15, -0.1) is 11.3 Å². The molecule has 4 aromatic rings. The van der Waals surface area contributed by atoms with E-state index in [-0.39, 0.29) is 24.2 Å². The normalized spacial score (nSPS) is 21.2. The number of imide groups is 1. The number of likely N-dealkylation sites (tertiary alicyclic amines) is 1. The minimum absolute atomic E-state index is 0.0263. The fourth-order valence-corrected chi connectivity index (χ4v) is 5.81. The quantitative estimate of drug-likeness (QED) is 0.435. The molecule has 6 rings (SSSR count). The van der Waals surface area contributed by atoms with Crippen molar-refractivity contribution >= 4 is 55.4 Å². The zero-order valence-corrected chi connectivity index (χ0v) is 19.1. The lowest BCUT2D eigenvalue weighted by atomic mass is 9.93. The molecule has 7 nitrogen and oxygen atoms in total. The molecule has 0 saturated carbocycles. The summed E-state index contributed by atoms with van der Waals surface area (Å²) in [4.78, 5) is 31.5. The number of para-hydroxylation sites is 1. The monoisotopic (exact) mass is 481 g/mol. The molecule has 1 saturated heterocycles. The van der Waals surface area contributed by atoms with E-state index in [0.717, 1.165) is 10.2 Å². The number of rotatable bonds is 4. The van der Waals surface area contributed by atoms with Gasteiger partial charge in [0.25, 0.3) is 17.7 Å². The third kappa shape index (κ3) is 3.20. The van der Waals surface area contributed by atoms with Crippen LogP contribution >= 0.6 is 11.3 Å². The molecule has 34 heavy (non-hydrogen) atoms. The molecule has 0 bridgehead atoms. The number of halogens is 2. The fraction of sp³-hybridized carbons (Fsp3) is 0.292. The summed E-state index contributed by atoms with van der Waals surface area (Å²) >= 11 is 1.50. The molecule has 5 heterocycles. The van der Waals surface area contributed by atoms with E-state index in [1.54, 1.807) is 35.0 Å². The van der Waals surface area contributed by atoms with Crippen LogP contribution in [0.5, 0.6) is 0 Å². The zero-order chi connectivity index (χ0) is 23.6. The van der Waals surface area contributed by atoms with Crippen molar-refractivity contribution in [2.24, 2.45) is 5.92 Å². The smallest absolute Gasteiger partial charge is 0.265 e. The van der Waals surface area contributed by atoms with Gasteiger partial charge in [0.1, 0.15) is 10.5 Å². The number of fused-ring (bicyclic) bond motifs is 2. The molecule has 1 fully saturated rings. The topological polar surface area (TPSA) is 83.0 Å². The van der Waals surface area contributed by atoms with Crippen molar-refractivity contribution in [1.82, 2.24) is 25.0 Å². The van der Waals surface area contributed by atoms with Gasteiger partial charge in [-0.1, -0.05) is 18.2 Å². The number of piperidine rings is 1. The molecular weight excluding hydrogens is 460 g/mol. The Hall–Kier alpha value is -3.37. The van der Waals surface area contributed by atoms with Crippen molar-refractivity contribution in [1.29, 1.82) is 0 Å². The van der Waals surface area contributed by atoms with Crippen molar-refractivity contribution in [3.05, 3.63) is 53.2 Å². The maximum Gasteiger partial charge on any atom is 0.265 e. The summed E-state index contributed by atoms with van der Waals surface area (Å²) in [6.07, 6.45) is 2.06. The maximum absolute atomic E-state index is 14.8. The molecule has 3 aromatic heterocycles. The lowest BCUT2D eigenvalue weighted by molar-refractivity contribution is -0.122. The van der Waals surface area contributed by atoms with E-state index < -0.39 is 23.7 Å². The van der Waals surface area contributed by atoms with Crippen LogP contribution in [-0.4, -0.2) is 57.5 Å². The highest BCUT2D eigenvalue weighted by molar-refractivity contribution is 7.16. The van der Waals surface area contributed by atoms with Gasteiger partial charge >= 0.3 is 0 Å². The van der Waals surface area contributed by atoms with Crippen molar-refractivity contribution in [2.45, 2.75) is 18.9 Å². The zero-order valence-electron chi connectivity index (χ0n) is 18.3. The first kappa shape index (κ1) is 21.2. The Balaban J connectivity index is 1.51. The molecule has 1 atom stereocenters. The summed E-state index contributed by atoms with van der Waals surface area (Å²) in [5.74, 6) is -4.75. The van der Waals surface area contributed by atoms with E-state index in [9.17, 15) is 18.4 Å². The molecule has 1 aromatic carbocycles. The van der Waals surface area contributed by atoms with Gasteiger partial charge in [-0.3, -0.25) is 19.6 Å². The molecule has 2 N–H and O–H groups in total. The van der Waals surface area contributed by atoms with Crippen LogP contribution in [0.2, 0.25) is 0 Å². The summed E-state index contributed by atoms with van der Waals surface area (Å²) in [6, 6.07) is 9.13. The number of thiophene rings is 1. The highest BCUT2D eigenvalue weighted by Crippen LogP contribution is 2.39. The van der Waals surface area contributed by atoms with Gasteiger partial charge in [0, 0.05) is 28.5 Å². The standard InChI is InChI=1S/C24H21F2N5O2S/c1-30-8-6-13(24(25,26)12-30)11-31-17-5-3-2-4-15(17)20(29-31)19-18(21(32)28-22(19)33)16-10-27-23-14(16)7-9-34-23/h2-5,7,9-10,13,27H,6,8,11-12H2,1H3,(H,28,32,33). The second kappa shape index (κ2) is 7.57. The van der Waals surface area contributed by atoms with Crippen molar-refractivity contribution in [3.63, 3.8) is 0 Å². The number of aromatic nitrogens is 3. The summed E-state index contributed by atoms with van der Waals surface area (Å²) in [5, 5.41) is 10.4. The number of H-pyrrole nitrogens is 1. The van der Waals surface area contributed by atoms with Gasteiger partial charge < -0.3 is 9.88 Å². The van der Waals surface area contributed by atoms with E-state index in [1.807, 2.05) is 23.6 Å². The van der Waals surface area contributed by atoms with Gasteiger partial charge in [-0.2, -0.15) is 5.10 Å². The number of alkyl halides is 2. The molecule has 174 valence electrons. The number of hydrogen-bond donors (Lipinski definition) is 2. The number of nitrogens with one attached hydrogen (secondary N) is 2. The van der Waals surface area contributed by atoms with E-state index in [0.29, 0.717) is 35.1 Å². The van der Waals surface area contributed by atoms with Gasteiger partial charge in [-0.05, 0) is 37.5 Å². The molecule has 2 aliphatic heterocycles. The maximum atomic E-state index is 14.8. The average molecular weight is 482 g/mol. The largest absolute Gasteiger partial charge is 0.352 e. The van der Waals surface area contributed by atoms with Crippen molar-refractivity contribution in [2.75, 3.05) is 20.1 Å². The second-order valence-corrected chi connectivity index (χ2v) is 9.85. The summed E-state index contributed by atoms with van der Waals surface area (Å²) < 4.78 is 31.1. The van der Waals surface area contributed by atoms with Gasteiger partial charge in [0.15, 0.2) is 0 Å². The SMILES string of the molecule is CN1CCC(Cn2nc(C3=C(c4c[nH]c5sccc45)C(=O)NC3=O)c3ccccc32)C(F)(F)C1. The molecule has 0 aliphatic carbocycles. The number of hydrogen-bond acceptors (Lipinski definition) is 5. The van der Waals surface area contributed by atoms with Gasteiger partial charge in [0.05, 0.1) is 29.8 Å². The Bertz CT molecular complexity index is 1500. The molecule has 10 heteroatoms. The van der Waals surface area contributed by atoms with Crippen LogP contribution in [0.4, 0.5) is 8.78 Å².